The summed E-state index contributed by atoms with van der Waals surface area (Å²) in [4.78, 5) is 17.1. The fourth-order valence-corrected chi connectivity index (χ4v) is 3.36. The molecule has 3 N–H and O–H groups in total. The molecule has 1 aliphatic heterocycles. The molecule has 1 fully saturated rings. The minimum absolute atomic E-state index is 0.125. The summed E-state index contributed by atoms with van der Waals surface area (Å²) in [5.41, 5.74) is 0.530. The predicted molar refractivity (Wildman–Crippen MR) is 86.9 cm³/mol. The van der Waals surface area contributed by atoms with E-state index in [4.69, 9.17) is 0 Å². The van der Waals surface area contributed by atoms with Crippen molar-refractivity contribution in [2.45, 2.75) is 18.9 Å². The molecule has 0 aliphatic carbocycles. The number of H-pyrrole nitrogens is 1. The Morgan fingerprint density at radius 2 is 2.08 bits per heavy atom. The van der Waals surface area contributed by atoms with E-state index in [1.807, 2.05) is 0 Å². The number of hydrogen-bond donors (Lipinski definition) is 3. The summed E-state index contributed by atoms with van der Waals surface area (Å²) in [5.74, 6) is -0.453. The van der Waals surface area contributed by atoms with Gasteiger partial charge in [-0.1, -0.05) is 12.1 Å². The third kappa shape index (κ3) is 3.20. The SMILES string of the molecule is O=C(c1cc[nH]c1)N1CC[C@H](O)[C@@](CO)(Cc2ccc(F)cc2)C1. The first-order valence-electron chi connectivity index (χ1n) is 7.99. The van der Waals surface area contributed by atoms with Crippen LogP contribution in [0.2, 0.25) is 0 Å². The van der Waals surface area contributed by atoms with Crippen LogP contribution in [-0.2, 0) is 6.42 Å². The van der Waals surface area contributed by atoms with Crippen molar-refractivity contribution in [1.82, 2.24) is 9.88 Å². The summed E-state index contributed by atoms with van der Waals surface area (Å²) in [6.45, 7) is 0.449. The standard InChI is InChI=1S/C18H21FN2O3/c19-15-3-1-13(2-4-15)9-18(12-22)11-21(8-6-16(18)23)17(24)14-5-7-20-10-14/h1-5,7,10,16,20,22-23H,6,8-9,11-12H2/t16-,18-/m0/s1. The lowest BCUT2D eigenvalue weighted by Crippen LogP contribution is -2.56. The quantitative estimate of drug-likeness (QED) is 0.796. The molecule has 0 radical (unpaired) electrons. The van der Waals surface area contributed by atoms with Crippen molar-refractivity contribution in [2.24, 2.45) is 5.41 Å². The molecule has 0 saturated carbocycles. The Morgan fingerprint density at radius 3 is 2.71 bits per heavy atom. The maximum absolute atomic E-state index is 13.1. The molecular formula is C18H21FN2O3. The monoisotopic (exact) mass is 332 g/mol. The lowest BCUT2D eigenvalue weighted by atomic mass is 9.73. The maximum atomic E-state index is 13.1. The first kappa shape index (κ1) is 16.7. The van der Waals surface area contributed by atoms with E-state index >= 15 is 0 Å². The van der Waals surface area contributed by atoms with Gasteiger partial charge < -0.3 is 20.1 Å². The highest BCUT2D eigenvalue weighted by molar-refractivity contribution is 5.94. The van der Waals surface area contributed by atoms with Crippen molar-refractivity contribution in [1.29, 1.82) is 0 Å². The van der Waals surface area contributed by atoms with Gasteiger partial charge >= 0.3 is 0 Å². The van der Waals surface area contributed by atoms with Gasteiger partial charge in [-0.2, -0.15) is 0 Å². The number of likely N-dealkylation sites (tertiary alicyclic amines) is 1. The number of nitrogens with zero attached hydrogens (tertiary/aromatic N) is 1. The van der Waals surface area contributed by atoms with Crippen molar-refractivity contribution in [2.75, 3.05) is 19.7 Å². The molecule has 128 valence electrons. The maximum Gasteiger partial charge on any atom is 0.255 e. The largest absolute Gasteiger partial charge is 0.396 e. The van der Waals surface area contributed by atoms with E-state index in [-0.39, 0.29) is 24.9 Å². The molecule has 1 amide bonds. The molecule has 2 heterocycles. The van der Waals surface area contributed by atoms with Crippen molar-refractivity contribution in [3.8, 4) is 0 Å². The predicted octanol–water partition coefficient (Wildman–Crippen LogP) is 1.58. The molecule has 0 unspecified atom stereocenters. The van der Waals surface area contributed by atoms with E-state index in [1.54, 1.807) is 35.5 Å². The zero-order valence-electron chi connectivity index (χ0n) is 13.3. The molecular weight excluding hydrogens is 311 g/mol. The highest BCUT2D eigenvalue weighted by Gasteiger charge is 2.43. The lowest BCUT2D eigenvalue weighted by Gasteiger charge is -2.45. The Labute approximate surface area is 139 Å². The molecule has 2 atom stereocenters. The van der Waals surface area contributed by atoms with E-state index in [0.717, 1.165) is 5.56 Å². The molecule has 5 nitrogen and oxygen atoms in total. The minimum atomic E-state index is -0.845. The van der Waals surface area contributed by atoms with Gasteiger partial charge in [-0.3, -0.25) is 4.79 Å². The number of benzene rings is 1. The molecule has 24 heavy (non-hydrogen) atoms. The number of halogens is 1. The van der Waals surface area contributed by atoms with E-state index in [0.29, 0.717) is 24.9 Å². The molecule has 1 aliphatic rings. The summed E-state index contributed by atoms with van der Waals surface area (Å²) < 4.78 is 13.1. The minimum Gasteiger partial charge on any atom is -0.396 e. The summed E-state index contributed by atoms with van der Waals surface area (Å²) >= 11 is 0. The highest BCUT2D eigenvalue weighted by Crippen LogP contribution is 2.34. The second kappa shape index (κ2) is 6.75. The summed E-state index contributed by atoms with van der Waals surface area (Å²) in [6.07, 6.45) is 3.38. The van der Waals surface area contributed by atoms with E-state index in [9.17, 15) is 19.4 Å². The van der Waals surface area contributed by atoms with Crippen molar-refractivity contribution < 1.29 is 19.4 Å². The second-order valence-electron chi connectivity index (χ2n) is 6.45. The highest BCUT2D eigenvalue weighted by atomic mass is 19.1. The average molecular weight is 332 g/mol. The number of nitrogens with one attached hydrogen (secondary N) is 1. The Balaban J connectivity index is 1.81. The van der Waals surface area contributed by atoms with Crippen LogP contribution >= 0.6 is 0 Å². The third-order valence-corrected chi connectivity index (χ3v) is 4.80. The number of amides is 1. The third-order valence-electron chi connectivity index (χ3n) is 4.80. The molecule has 0 spiro atoms. The van der Waals surface area contributed by atoms with Gasteiger partial charge in [0.05, 0.1) is 18.3 Å². The van der Waals surface area contributed by atoms with Gasteiger partial charge in [-0.25, -0.2) is 4.39 Å². The smallest absolute Gasteiger partial charge is 0.255 e. The number of hydrogen-bond acceptors (Lipinski definition) is 3. The van der Waals surface area contributed by atoms with Crippen LogP contribution in [0, 0.1) is 11.2 Å². The van der Waals surface area contributed by atoms with Gasteiger partial charge in [0.1, 0.15) is 5.82 Å². The first-order valence-corrected chi connectivity index (χ1v) is 7.99. The zero-order chi connectivity index (χ0) is 17.2. The number of piperidine rings is 1. The van der Waals surface area contributed by atoms with Crippen LogP contribution in [0.4, 0.5) is 4.39 Å². The topological polar surface area (TPSA) is 76.6 Å². The summed E-state index contributed by atoms with van der Waals surface area (Å²) in [7, 11) is 0. The number of aliphatic hydroxyl groups excluding tert-OH is 2. The molecule has 1 aromatic carbocycles. The number of aromatic amines is 1. The Bertz CT molecular complexity index is 687. The lowest BCUT2D eigenvalue weighted by molar-refractivity contribution is -0.0668. The van der Waals surface area contributed by atoms with Gasteiger partial charge in [0.15, 0.2) is 0 Å². The molecule has 1 aromatic heterocycles. The van der Waals surface area contributed by atoms with E-state index in [2.05, 4.69) is 4.98 Å². The zero-order valence-corrected chi connectivity index (χ0v) is 13.3. The van der Waals surface area contributed by atoms with Crippen molar-refractivity contribution >= 4 is 5.91 Å². The Hall–Kier alpha value is -2.18. The van der Waals surface area contributed by atoms with Gasteiger partial charge in [-0.05, 0) is 36.6 Å². The van der Waals surface area contributed by atoms with Crippen molar-refractivity contribution in [3.63, 3.8) is 0 Å². The molecule has 0 bridgehead atoms. The second-order valence-corrected chi connectivity index (χ2v) is 6.45. The van der Waals surface area contributed by atoms with Crippen molar-refractivity contribution in [3.05, 3.63) is 59.7 Å². The molecule has 3 rings (SSSR count). The number of aromatic nitrogens is 1. The van der Waals surface area contributed by atoms with Crippen LogP contribution in [-0.4, -0.2) is 51.8 Å². The van der Waals surface area contributed by atoms with Crippen LogP contribution in [0.3, 0.4) is 0 Å². The van der Waals surface area contributed by atoms with E-state index in [1.165, 1.54) is 12.1 Å². The van der Waals surface area contributed by atoms with E-state index < -0.39 is 11.5 Å². The van der Waals surface area contributed by atoms with Gasteiger partial charge in [0, 0.05) is 30.9 Å². The normalized spacial score (nSPS) is 24.1. The summed E-state index contributed by atoms with van der Waals surface area (Å²) in [5, 5.41) is 20.5. The average Bonchev–Trinajstić information content (AvgIpc) is 3.13. The van der Waals surface area contributed by atoms with Gasteiger partial charge in [-0.15, -0.1) is 0 Å². The number of carbonyl (C=O) groups is 1. The Kier molecular flexibility index (Phi) is 4.69. The summed E-state index contributed by atoms with van der Waals surface area (Å²) in [6, 6.07) is 7.71. The number of rotatable bonds is 4. The van der Waals surface area contributed by atoms with Crippen LogP contribution in [0.5, 0.6) is 0 Å². The van der Waals surface area contributed by atoms with Gasteiger partial charge in [0.25, 0.3) is 5.91 Å². The molecule has 2 aromatic rings. The fourth-order valence-electron chi connectivity index (χ4n) is 3.36. The fraction of sp³-hybridized carbons (Fsp3) is 0.389. The number of aliphatic hydroxyl groups is 2. The first-order chi connectivity index (χ1) is 11.5. The number of carbonyl (C=O) groups excluding carboxylic acids is 1. The van der Waals surface area contributed by atoms with Crippen LogP contribution in [0.15, 0.2) is 42.7 Å². The Morgan fingerprint density at radius 1 is 1.33 bits per heavy atom. The van der Waals surface area contributed by atoms with Crippen LogP contribution in [0.25, 0.3) is 0 Å². The molecule has 1 saturated heterocycles. The van der Waals surface area contributed by atoms with Crippen LogP contribution < -0.4 is 0 Å². The van der Waals surface area contributed by atoms with Crippen LogP contribution in [0.1, 0.15) is 22.3 Å². The molecule has 6 heteroatoms. The van der Waals surface area contributed by atoms with Gasteiger partial charge in [0.2, 0.25) is 0 Å².